The molecule has 0 spiro atoms. The van der Waals surface area contributed by atoms with Gasteiger partial charge in [-0.2, -0.15) is 0 Å². The number of hydrogen-bond acceptors (Lipinski definition) is 6. The van der Waals surface area contributed by atoms with Crippen molar-refractivity contribution in [3.8, 4) is 0 Å². The maximum Gasteiger partial charge on any atom is 0.321 e. The van der Waals surface area contributed by atoms with Crippen LogP contribution >= 0.6 is 0 Å². The summed E-state index contributed by atoms with van der Waals surface area (Å²) in [5.74, 6) is -2.44. The van der Waals surface area contributed by atoms with Crippen LogP contribution in [0.1, 0.15) is 32.6 Å². The zero-order valence-electron chi connectivity index (χ0n) is 11.8. The van der Waals surface area contributed by atoms with Crippen molar-refractivity contribution in [1.29, 1.82) is 0 Å². The van der Waals surface area contributed by atoms with Crippen molar-refractivity contribution >= 4 is 17.9 Å². The number of rotatable bonds is 3. The Morgan fingerprint density at radius 1 is 1.20 bits per heavy atom. The van der Waals surface area contributed by atoms with E-state index in [4.69, 9.17) is 9.47 Å². The van der Waals surface area contributed by atoms with E-state index >= 15 is 0 Å². The normalized spacial score (nSPS) is 32.8. The minimum atomic E-state index is -0.842. The van der Waals surface area contributed by atoms with Gasteiger partial charge >= 0.3 is 17.9 Å². The van der Waals surface area contributed by atoms with Gasteiger partial charge in [0.15, 0.2) is 5.92 Å². The average Bonchev–Trinajstić information content (AvgIpc) is 2.60. The summed E-state index contributed by atoms with van der Waals surface area (Å²) in [6, 6.07) is 0. The SMILES string of the molecule is CCOC(=O)C1CC[C@@H]2OC(=O)C(C(=O)OC)[C@@H]2CC1. The Labute approximate surface area is 117 Å². The van der Waals surface area contributed by atoms with Gasteiger partial charge in [0.05, 0.1) is 19.6 Å². The average molecular weight is 284 g/mol. The number of esters is 3. The molecule has 2 aliphatic rings. The Bertz CT molecular complexity index is 404. The second-order valence-corrected chi connectivity index (χ2v) is 5.24. The highest BCUT2D eigenvalue weighted by atomic mass is 16.6. The predicted octanol–water partition coefficient (Wildman–Crippen LogP) is 1.07. The molecule has 2 unspecified atom stereocenters. The first-order chi connectivity index (χ1) is 9.58. The van der Waals surface area contributed by atoms with Crippen LogP contribution in [0, 0.1) is 17.8 Å². The van der Waals surface area contributed by atoms with Crippen molar-refractivity contribution < 1.29 is 28.6 Å². The largest absolute Gasteiger partial charge is 0.468 e. The Balaban J connectivity index is 2.05. The van der Waals surface area contributed by atoms with Gasteiger partial charge in [0.2, 0.25) is 0 Å². The van der Waals surface area contributed by atoms with E-state index in [9.17, 15) is 14.4 Å². The zero-order valence-corrected chi connectivity index (χ0v) is 11.8. The van der Waals surface area contributed by atoms with E-state index in [-0.39, 0.29) is 23.9 Å². The molecule has 0 bridgehead atoms. The third kappa shape index (κ3) is 2.78. The fraction of sp³-hybridized carbons (Fsp3) is 0.786. The standard InChI is InChI=1S/C14H20O6/c1-3-19-12(15)8-4-6-9-10(7-5-8)20-14(17)11(9)13(16)18-2/h8-11H,3-7H2,1-2H3/t8?,9-,10+,11?/m1/s1. The topological polar surface area (TPSA) is 78.9 Å². The van der Waals surface area contributed by atoms with E-state index in [0.29, 0.717) is 32.3 Å². The first-order valence-corrected chi connectivity index (χ1v) is 7.03. The first kappa shape index (κ1) is 14.8. The highest BCUT2D eigenvalue weighted by Gasteiger charge is 2.50. The minimum Gasteiger partial charge on any atom is -0.468 e. The van der Waals surface area contributed by atoms with Crippen LogP contribution in [0.4, 0.5) is 0 Å². The Hall–Kier alpha value is -1.59. The van der Waals surface area contributed by atoms with Crippen LogP contribution in [0.5, 0.6) is 0 Å². The Kier molecular flexibility index (Phi) is 4.62. The number of fused-ring (bicyclic) bond motifs is 1. The molecule has 1 aliphatic carbocycles. The molecule has 6 nitrogen and oxygen atoms in total. The molecule has 0 aromatic heterocycles. The van der Waals surface area contributed by atoms with Crippen LogP contribution in [-0.2, 0) is 28.6 Å². The Morgan fingerprint density at radius 2 is 1.90 bits per heavy atom. The van der Waals surface area contributed by atoms with Gasteiger partial charge in [0.1, 0.15) is 6.10 Å². The molecule has 1 aliphatic heterocycles. The molecule has 1 heterocycles. The first-order valence-electron chi connectivity index (χ1n) is 7.03. The van der Waals surface area contributed by atoms with E-state index in [1.165, 1.54) is 7.11 Å². The lowest BCUT2D eigenvalue weighted by Crippen LogP contribution is -2.28. The summed E-state index contributed by atoms with van der Waals surface area (Å²) in [5, 5.41) is 0. The monoisotopic (exact) mass is 284 g/mol. The van der Waals surface area contributed by atoms with Gasteiger partial charge in [-0.1, -0.05) is 0 Å². The molecular formula is C14H20O6. The molecule has 0 N–H and O–H groups in total. The second-order valence-electron chi connectivity index (χ2n) is 5.24. The lowest BCUT2D eigenvalue weighted by molar-refractivity contribution is -0.155. The predicted molar refractivity (Wildman–Crippen MR) is 67.5 cm³/mol. The number of hydrogen-bond donors (Lipinski definition) is 0. The van der Waals surface area contributed by atoms with E-state index in [2.05, 4.69) is 4.74 Å². The van der Waals surface area contributed by atoms with Gasteiger partial charge in [0, 0.05) is 5.92 Å². The maximum atomic E-state index is 11.8. The van der Waals surface area contributed by atoms with Crippen molar-refractivity contribution in [2.45, 2.75) is 38.7 Å². The molecule has 0 aromatic rings. The van der Waals surface area contributed by atoms with Gasteiger partial charge in [-0.05, 0) is 32.6 Å². The molecule has 1 saturated carbocycles. The summed E-state index contributed by atoms with van der Waals surface area (Å²) in [6.07, 6.45) is 2.14. The maximum absolute atomic E-state index is 11.8. The van der Waals surface area contributed by atoms with Gasteiger partial charge in [0.25, 0.3) is 0 Å². The highest BCUT2D eigenvalue weighted by Crippen LogP contribution is 2.40. The zero-order chi connectivity index (χ0) is 14.7. The van der Waals surface area contributed by atoms with Gasteiger partial charge < -0.3 is 14.2 Å². The number of ether oxygens (including phenoxy) is 3. The van der Waals surface area contributed by atoms with E-state index in [0.717, 1.165) is 0 Å². The molecule has 2 rings (SSSR count). The molecule has 0 aromatic carbocycles. The highest BCUT2D eigenvalue weighted by molar-refractivity contribution is 5.96. The summed E-state index contributed by atoms with van der Waals surface area (Å²) in [6.45, 7) is 2.14. The molecule has 112 valence electrons. The molecule has 4 atom stereocenters. The molecule has 2 fully saturated rings. The lowest BCUT2D eigenvalue weighted by Gasteiger charge is -2.16. The van der Waals surface area contributed by atoms with Gasteiger partial charge in [-0.25, -0.2) is 0 Å². The van der Waals surface area contributed by atoms with Gasteiger partial charge in [-0.3, -0.25) is 14.4 Å². The number of carbonyl (C=O) groups excluding carboxylic acids is 3. The second kappa shape index (κ2) is 6.24. The molecule has 0 radical (unpaired) electrons. The van der Waals surface area contributed by atoms with Gasteiger partial charge in [-0.15, -0.1) is 0 Å². The summed E-state index contributed by atoms with van der Waals surface area (Å²) in [5.41, 5.74) is 0. The van der Waals surface area contributed by atoms with E-state index < -0.39 is 17.9 Å². The van der Waals surface area contributed by atoms with Crippen LogP contribution in [0.15, 0.2) is 0 Å². The summed E-state index contributed by atoms with van der Waals surface area (Å²) in [4.78, 5) is 35.2. The number of methoxy groups -OCH3 is 1. The van der Waals surface area contributed by atoms with Crippen LogP contribution in [-0.4, -0.2) is 37.7 Å². The van der Waals surface area contributed by atoms with Crippen LogP contribution in [0.25, 0.3) is 0 Å². The third-order valence-electron chi connectivity index (χ3n) is 4.15. The van der Waals surface area contributed by atoms with Crippen molar-refractivity contribution in [2.24, 2.45) is 17.8 Å². The smallest absolute Gasteiger partial charge is 0.321 e. The van der Waals surface area contributed by atoms with E-state index in [1.54, 1.807) is 6.92 Å². The molecule has 6 heteroatoms. The van der Waals surface area contributed by atoms with Crippen LogP contribution in [0.2, 0.25) is 0 Å². The minimum absolute atomic E-state index is 0.169. The molecule has 20 heavy (non-hydrogen) atoms. The fourth-order valence-electron chi connectivity index (χ4n) is 3.12. The summed E-state index contributed by atoms with van der Waals surface area (Å²) >= 11 is 0. The Morgan fingerprint density at radius 3 is 2.55 bits per heavy atom. The van der Waals surface area contributed by atoms with Crippen molar-refractivity contribution in [3.63, 3.8) is 0 Å². The van der Waals surface area contributed by atoms with Crippen molar-refractivity contribution in [3.05, 3.63) is 0 Å². The quantitative estimate of drug-likeness (QED) is 0.438. The molecule has 0 amide bonds. The van der Waals surface area contributed by atoms with E-state index in [1.807, 2.05) is 0 Å². The third-order valence-corrected chi connectivity index (χ3v) is 4.15. The van der Waals surface area contributed by atoms with Crippen molar-refractivity contribution in [2.75, 3.05) is 13.7 Å². The van der Waals surface area contributed by atoms with Crippen molar-refractivity contribution in [1.82, 2.24) is 0 Å². The fourth-order valence-corrected chi connectivity index (χ4v) is 3.12. The summed E-state index contributed by atoms with van der Waals surface area (Å²) < 4.78 is 15.0. The van der Waals surface area contributed by atoms with Crippen LogP contribution < -0.4 is 0 Å². The molecule has 1 saturated heterocycles. The lowest BCUT2D eigenvalue weighted by atomic mass is 9.86. The van der Waals surface area contributed by atoms with Crippen LogP contribution in [0.3, 0.4) is 0 Å². The molecular weight excluding hydrogens is 264 g/mol. The number of carbonyl (C=O) groups is 3. The summed E-state index contributed by atoms with van der Waals surface area (Å²) in [7, 11) is 1.26.